The van der Waals surface area contributed by atoms with E-state index < -0.39 is 0 Å². The van der Waals surface area contributed by atoms with Crippen LogP contribution in [0.25, 0.3) is 10.6 Å². The lowest BCUT2D eigenvalue weighted by Gasteiger charge is -2.04. The van der Waals surface area contributed by atoms with Crippen molar-refractivity contribution < 1.29 is 4.79 Å². The molecule has 0 bridgehead atoms. The van der Waals surface area contributed by atoms with Crippen molar-refractivity contribution in [2.24, 2.45) is 0 Å². The molecule has 0 aliphatic carbocycles. The maximum Gasteiger partial charge on any atom is 0.234 e. The van der Waals surface area contributed by atoms with E-state index in [1.165, 1.54) is 23.1 Å². The summed E-state index contributed by atoms with van der Waals surface area (Å²) in [5, 5.41) is 12.4. The van der Waals surface area contributed by atoms with Gasteiger partial charge in [-0.2, -0.15) is 0 Å². The Morgan fingerprint density at radius 2 is 2.04 bits per heavy atom. The molecule has 2 aromatic heterocycles. The Balaban J connectivity index is 1.56. The van der Waals surface area contributed by atoms with E-state index in [4.69, 9.17) is 11.6 Å². The fourth-order valence-corrected chi connectivity index (χ4v) is 3.62. The molecule has 0 saturated heterocycles. The maximum atomic E-state index is 11.9. The average molecular weight is 363 g/mol. The second-order valence-corrected chi connectivity index (χ2v) is 7.09. The summed E-state index contributed by atoms with van der Waals surface area (Å²) >= 11 is 8.68. The van der Waals surface area contributed by atoms with E-state index in [1.807, 2.05) is 12.1 Å². The zero-order valence-electron chi connectivity index (χ0n) is 11.8. The topological polar surface area (TPSA) is 67.8 Å². The minimum Gasteiger partial charge on any atom is -0.325 e. The summed E-state index contributed by atoms with van der Waals surface area (Å²) in [4.78, 5) is 15.9. The van der Waals surface area contributed by atoms with Gasteiger partial charge in [0.05, 0.1) is 5.75 Å². The number of anilines is 1. The van der Waals surface area contributed by atoms with E-state index in [9.17, 15) is 4.79 Å². The highest BCUT2D eigenvalue weighted by atomic mass is 35.5. The third-order valence-corrected chi connectivity index (χ3v) is 5.11. The molecule has 0 aliphatic heterocycles. The number of rotatable bonds is 5. The number of carbonyl (C=O) groups is 1. The number of thioether (sulfide) groups is 1. The van der Waals surface area contributed by atoms with Gasteiger partial charge in [-0.15, -0.1) is 10.2 Å². The molecule has 1 aromatic carbocycles. The summed E-state index contributed by atoms with van der Waals surface area (Å²) in [6.07, 6.45) is 3.42. The van der Waals surface area contributed by atoms with Crippen molar-refractivity contribution in [3.63, 3.8) is 0 Å². The summed E-state index contributed by atoms with van der Waals surface area (Å²) in [5.41, 5.74) is 1.64. The third-order valence-electron chi connectivity index (χ3n) is 2.77. The van der Waals surface area contributed by atoms with Crippen LogP contribution in [0.5, 0.6) is 0 Å². The summed E-state index contributed by atoms with van der Waals surface area (Å²) in [7, 11) is 0. The summed E-state index contributed by atoms with van der Waals surface area (Å²) < 4.78 is 0.748. The number of halogens is 1. The van der Waals surface area contributed by atoms with Crippen LogP contribution in [0.2, 0.25) is 5.02 Å². The molecular weight excluding hydrogens is 352 g/mol. The molecular formula is C15H11ClN4OS2. The second-order valence-electron chi connectivity index (χ2n) is 4.46. The van der Waals surface area contributed by atoms with Gasteiger partial charge < -0.3 is 5.32 Å². The molecule has 2 heterocycles. The molecule has 1 amide bonds. The van der Waals surface area contributed by atoms with Crippen LogP contribution >= 0.6 is 34.7 Å². The van der Waals surface area contributed by atoms with Gasteiger partial charge in [0.25, 0.3) is 0 Å². The molecule has 0 spiro atoms. The number of hydrogen-bond acceptors (Lipinski definition) is 6. The van der Waals surface area contributed by atoms with Crippen molar-refractivity contribution in [2.75, 3.05) is 11.1 Å². The molecule has 116 valence electrons. The number of hydrogen-bond donors (Lipinski definition) is 1. The number of nitrogens with one attached hydrogen (secondary N) is 1. The fraction of sp³-hybridized carbons (Fsp3) is 0.0667. The second kappa shape index (κ2) is 7.54. The first-order chi connectivity index (χ1) is 11.2. The van der Waals surface area contributed by atoms with Crippen molar-refractivity contribution in [3.05, 3.63) is 53.8 Å². The molecule has 8 heteroatoms. The zero-order chi connectivity index (χ0) is 16.1. The van der Waals surface area contributed by atoms with Gasteiger partial charge >= 0.3 is 0 Å². The Morgan fingerprint density at radius 3 is 2.83 bits per heavy atom. The predicted molar refractivity (Wildman–Crippen MR) is 93.9 cm³/mol. The van der Waals surface area contributed by atoms with Crippen LogP contribution in [-0.2, 0) is 4.79 Å². The van der Waals surface area contributed by atoms with Gasteiger partial charge in [-0.25, -0.2) is 0 Å². The van der Waals surface area contributed by atoms with Crippen LogP contribution < -0.4 is 5.32 Å². The lowest BCUT2D eigenvalue weighted by molar-refractivity contribution is -0.113. The Hall–Kier alpha value is -1.96. The monoisotopic (exact) mass is 362 g/mol. The van der Waals surface area contributed by atoms with Gasteiger partial charge in [0.1, 0.15) is 5.01 Å². The highest BCUT2D eigenvalue weighted by molar-refractivity contribution is 8.01. The Morgan fingerprint density at radius 1 is 1.22 bits per heavy atom. The van der Waals surface area contributed by atoms with Crippen LogP contribution in [0.3, 0.4) is 0 Å². The van der Waals surface area contributed by atoms with Gasteiger partial charge in [-0.1, -0.05) is 40.8 Å². The van der Waals surface area contributed by atoms with E-state index in [-0.39, 0.29) is 11.7 Å². The first kappa shape index (κ1) is 15.9. The van der Waals surface area contributed by atoms with Crippen LogP contribution in [0.1, 0.15) is 0 Å². The van der Waals surface area contributed by atoms with Crippen LogP contribution in [0, 0.1) is 0 Å². The fourth-order valence-electron chi connectivity index (χ4n) is 1.77. The molecule has 0 fully saturated rings. The van der Waals surface area contributed by atoms with E-state index in [2.05, 4.69) is 20.5 Å². The lowest BCUT2D eigenvalue weighted by atomic mass is 10.3. The van der Waals surface area contributed by atoms with Crippen molar-refractivity contribution in [2.45, 2.75) is 4.34 Å². The summed E-state index contributed by atoms with van der Waals surface area (Å²) in [5.74, 6) is 0.148. The normalized spacial score (nSPS) is 10.5. The summed E-state index contributed by atoms with van der Waals surface area (Å²) in [6, 6.07) is 10.8. The molecule has 0 radical (unpaired) electrons. The number of pyridine rings is 1. The van der Waals surface area contributed by atoms with Crippen LogP contribution in [0.4, 0.5) is 5.69 Å². The zero-order valence-corrected chi connectivity index (χ0v) is 14.2. The molecule has 3 aromatic rings. The molecule has 3 rings (SSSR count). The highest BCUT2D eigenvalue weighted by Gasteiger charge is 2.10. The van der Waals surface area contributed by atoms with Gasteiger partial charge in [-0.3, -0.25) is 9.78 Å². The van der Waals surface area contributed by atoms with E-state index in [0.717, 1.165) is 14.9 Å². The van der Waals surface area contributed by atoms with Crippen LogP contribution in [0.15, 0.2) is 53.1 Å². The number of nitrogens with zero attached hydrogens (tertiary/aromatic N) is 3. The smallest absolute Gasteiger partial charge is 0.234 e. The SMILES string of the molecule is O=C(CSc1nnc(-c2ccncc2)s1)Nc1cccc(Cl)c1. The van der Waals surface area contributed by atoms with Crippen LogP contribution in [-0.4, -0.2) is 26.8 Å². The van der Waals surface area contributed by atoms with Crippen molar-refractivity contribution in [3.8, 4) is 10.6 Å². The van der Waals surface area contributed by atoms with Gasteiger partial charge in [-0.05, 0) is 30.3 Å². The van der Waals surface area contributed by atoms with E-state index >= 15 is 0 Å². The first-order valence-corrected chi connectivity index (χ1v) is 8.81. The first-order valence-electron chi connectivity index (χ1n) is 6.63. The highest BCUT2D eigenvalue weighted by Crippen LogP contribution is 2.29. The molecule has 0 unspecified atom stereocenters. The van der Waals surface area contributed by atoms with Crippen molar-refractivity contribution in [1.82, 2.24) is 15.2 Å². The largest absolute Gasteiger partial charge is 0.325 e. The maximum absolute atomic E-state index is 11.9. The minimum absolute atomic E-state index is 0.113. The minimum atomic E-state index is -0.113. The molecule has 0 saturated carbocycles. The van der Waals surface area contributed by atoms with Gasteiger partial charge in [0, 0.05) is 28.7 Å². The number of aromatic nitrogens is 3. The quantitative estimate of drug-likeness (QED) is 0.695. The number of carbonyl (C=O) groups excluding carboxylic acids is 1. The Bertz CT molecular complexity index is 810. The standard InChI is InChI=1S/C15H11ClN4OS2/c16-11-2-1-3-12(8-11)18-13(21)9-22-15-20-19-14(23-15)10-4-6-17-7-5-10/h1-8H,9H2,(H,18,21). The van der Waals surface area contributed by atoms with E-state index in [0.29, 0.717) is 10.7 Å². The number of amides is 1. The molecule has 1 N–H and O–H groups in total. The molecule has 0 aliphatic rings. The van der Waals surface area contributed by atoms with Crippen molar-refractivity contribution in [1.29, 1.82) is 0 Å². The Kier molecular flexibility index (Phi) is 5.22. The third kappa shape index (κ3) is 4.51. The van der Waals surface area contributed by atoms with Crippen molar-refractivity contribution >= 4 is 46.3 Å². The molecule has 5 nitrogen and oxygen atoms in total. The molecule has 0 atom stereocenters. The van der Waals surface area contributed by atoms with Gasteiger partial charge in [0.15, 0.2) is 4.34 Å². The summed E-state index contributed by atoms with van der Waals surface area (Å²) in [6.45, 7) is 0. The predicted octanol–water partition coefficient (Wildman–Crippen LogP) is 3.98. The average Bonchev–Trinajstić information content (AvgIpc) is 3.03. The van der Waals surface area contributed by atoms with Gasteiger partial charge in [0.2, 0.25) is 5.91 Å². The Labute approximate surface area is 146 Å². The van der Waals surface area contributed by atoms with E-state index in [1.54, 1.807) is 36.7 Å². The molecule has 23 heavy (non-hydrogen) atoms. The number of benzene rings is 1. The lowest BCUT2D eigenvalue weighted by Crippen LogP contribution is -2.13.